The Balaban J connectivity index is 1.03. The van der Waals surface area contributed by atoms with Gasteiger partial charge in [-0.05, 0) is 70.8 Å². The van der Waals surface area contributed by atoms with E-state index in [1.807, 2.05) is 60.7 Å². The zero-order chi connectivity index (χ0) is 41.4. The number of hydrogen-bond acceptors (Lipinski definition) is 5. The first-order valence-corrected chi connectivity index (χ1v) is 21.1. The summed E-state index contributed by atoms with van der Waals surface area (Å²) in [4.78, 5) is 15.7. The number of nitrogens with zero attached hydrogens (tertiary/aromatic N) is 4. The average molecular weight is 807 g/mol. The second-order valence-electron chi connectivity index (χ2n) is 15.9. The molecule has 0 aliphatic heterocycles. The lowest BCUT2D eigenvalue weighted by Crippen LogP contribution is -2.00. The van der Waals surface area contributed by atoms with Crippen LogP contribution in [0.4, 0.5) is 0 Å². The second kappa shape index (κ2) is 14.0. The minimum Gasteiger partial charge on any atom is -0.456 e. The minimum atomic E-state index is 0.545. The fourth-order valence-electron chi connectivity index (χ4n) is 9.41. The average Bonchev–Trinajstić information content (AvgIpc) is 4.04. The molecule has 0 radical (unpaired) electrons. The van der Waals surface area contributed by atoms with Gasteiger partial charge in [0.2, 0.25) is 0 Å². The predicted octanol–water partition coefficient (Wildman–Crippen LogP) is 15.1. The molecule has 13 rings (SSSR count). The van der Waals surface area contributed by atoms with Gasteiger partial charge >= 0.3 is 0 Å². The molecule has 6 heteroatoms. The number of hydrogen-bond donors (Lipinski definition) is 0. The van der Waals surface area contributed by atoms with Crippen LogP contribution >= 0.6 is 0 Å². The van der Waals surface area contributed by atoms with E-state index in [1.165, 1.54) is 21.9 Å². The highest BCUT2D eigenvalue weighted by atomic mass is 16.3. The van der Waals surface area contributed by atoms with Crippen molar-refractivity contribution in [1.29, 1.82) is 0 Å². The van der Waals surface area contributed by atoms with Crippen LogP contribution in [-0.2, 0) is 0 Å². The first-order chi connectivity index (χ1) is 31.2. The van der Waals surface area contributed by atoms with E-state index in [0.717, 1.165) is 88.4 Å². The van der Waals surface area contributed by atoms with Gasteiger partial charge in [0.15, 0.2) is 23.1 Å². The number of benzene rings is 9. The van der Waals surface area contributed by atoms with Crippen molar-refractivity contribution in [2.75, 3.05) is 0 Å². The fraction of sp³-hybridized carbons (Fsp3) is 0. The van der Waals surface area contributed by atoms with Crippen LogP contribution in [0.15, 0.2) is 215 Å². The smallest absolute Gasteiger partial charge is 0.164 e. The molecular weight excluding hydrogens is 773 g/mol. The summed E-state index contributed by atoms with van der Waals surface area (Å²) in [6.07, 6.45) is 0. The molecule has 294 valence electrons. The molecule has 0 spiro atoms. The Morgan fingerprint density at radius 3 is 1.73 bits per heavy atom. The number of para-hydroxylation sites is 3. The molecule has 0 saturated carbocycles. The number of furan rings is 2. The maximum absolute atomic E-state index is 6.93. The van der Waals surface area contributed by atoms with Gasteiger partial charge < -0.3 is 13.4 Å². The van der Waals surface area contributed by atoms with Crippen LogP contribution in [-0.4, -0.2) is 19.5 Å². The van der Waals surface area contributed by atoms with Crippen LogP contribution in [0.3, 0.4) is 0 Å². The van der Waals surface area contributed by atoms with Gasteiger partial charge in [0.05, 0.1) is 16.7 Å². The number of aromatic nitrogens is 4. The molecule has 0 bridgehead atoms. The van der Waals surface area contributed by atoms with Crippen LogP contribution in [0, 0.1) is 0 Å². The standard InChI is InChI=1S/C57H34N4O2/c1-4-16-35(17-5-1)38-30-31-47-45(32-38)40-22-10-12-26-46(40)61(47)48-27-14-24-42-53-43(25-15-29-50(53)63-54(42)48)57-59-55(37-20-8-3-9-21-37)58-56(60-57)39-33-44(36-18-6-2-7-19-36)52-41-23-11-13-28-49(41)62-51(52)34-39/h1-34H. The summed E-state index contributed by atoms with van der Waals surface area (Å²) in [5.74, 6) is 1.67. The summed E-state index contributed by atoms with van der Waals surface area (Å²) < 4.78 is 15.8. The van der Waals surface area contributed by atoms with E-state index < -0.39 is 0 Å². The molecule has 4 heterocycles. The maximum atomic E-state index is 6.93. The SMILES string of the molecule is c1ccc(-c2ccc3c(c2)c2ccccc2n3-c2cccc3c2oc2cccc(-c4nc(-c5ccccc5)nc(-c5cc(-c6ccccc6)c6c(c5)oc5ccccc56)n4)c23)cc1. The Labute approximate surface area is 361 Å². The van der Waals surface area contributed by atoms with Gasteiger partial charge in [-0.3, -0.25) is 0 Å². The molecule has 0 fully saturated rings. The van der Waals surface area contributed by atoms with E-state index in [-0.39, 0.29) is 0 Å². The van der Waals surface area contributed by atoms with Gasteiger partial charge in [-0.2, -0.15) is 0 Å². The fourth-order valence-corrected chi connectivity index (χ4v) is 9.41. The predicted molar refractivity (Wildman–Crippen MR) is 256 cm³/mol. The summed E-state index contributed by atoms with van der Waals surface area (Å²) in [7, 11) is 0. The molecule has 9 aromatic carbocycles. The van der Waals surface area contributed by atoms with Crippen molar-refractivity contribution >= 4 is 65.7 Å². The Morgan fingerprint density at radius 1 is 0.317 bits per heavy atom. The van der Waals surface area contributed by atoms with Crippen molar-refractivity contribution in [2.24, 2.45) is 0 Å². The molecule has 0 saturated heterocycles. The van der Waals surface area contributed by atoms with Gasteiger partial charge in [-0.15, -0.1) is 0 Å². The summed E-state index contributed by atoms with van der Waals surface area (Å²) in [6, 6.07) is 71.4. The highest BCUT2D eigenvalue weighted by Gasteiger charge is 2.23. The van der Waals surface area contributed by atoms with Gasteiger partial charge in [0.25, 0.3) is 0 Å². The largest absolute Gasteiger partial charge is 0.456 e. The molecule has 0 N–H and O–H groups in total. The third-order valence-corrected chi connectivity index (χ3v) is 12.3. The van der Waals surface area contributed by atoms with Gasteiger partial charge in [-0.25, -0.2) is 15.0 Å². The van der Waals surface area contributed by atoms with E-state index in [2.05, 4.69) is 150 Å². The zero-order valence-electron chi connectivity index (χ0n) is 33.7. The number of fused-ring (bicyclic) bond motifs is 9. The van der Waals surface area contributed by atoms with Gasteiger partial charge in [-0.1, -0.05) is 158 Å². The Bertz CT molecular complexity index is 3900. The topological polar surface area (TPSA) is 69.9 Å². The van der Waals surface area contributed by atoms with Crippen molar-refractivity contribution in [3.63, 3.8) is 0 Å². The van der Waals surface area contributed by atoms with E-state index in [4.69, 9.17) is 23.8 Å². The summed E-state index contributed by atoms with van der Waals surface area (Å²) in [5.41, 5.74) is 13.4. The Kier molecular flexibility index (Phi) is 7.80. The van der Waals surface area contributed by atoms with Crippen LogP contribution in [0.25, 0.3) is 128 Å². The maximum Gasteiger partial charge on any atom is 0.164 e. The van der Waals surface area contributed by atoms with Crippen molar-refractivity contribution in [3.05, 3.63) is 206 Å². The molecule has 6 nitrogen and oxygen atoms in total. The molecule has 0 unspecified atom stereocenters. The zero-order valence-corrected chi connectivity index (χ0v) is 33.7. The number of rotatable bonds is 6. The lowest BCUT2D eigenvalue weighted by Gasteiger charge is -2.11. The van der Waals surface area contributed by atoms with Crippen molar-refractivity contribution in [1.82, 2.24) is 19.5 Å². The lowest BCUT2D eigenvalue weighted by atomic mass is 9.96. The van der Waals surface area contributed by atoms with Gasteiger partial charge in [0.1, 0.15) is 16.7 Å². The molecule has 13 aromatic rings. The highest BCUT2D eigenvalue weighted by molar-refractivity contribution is 6.17. The molecule has 4 aromatic heterocycles. The molecule has 0 aliphatic rings. The Hall–Kier alpha value is -8.61. The van der Waals surface area contributed by atoms with Crippen LogP contribution < -0.4 is 0 Å². The van der Waals surface area contributed by atoms with Crippen molar-refractivity contribution in [2.45, 2.75) is 0 Å². The lowest BCUT2D eigenvalue weighted by molar-refractivity contribution is 0.666. The van der Waals surface area contributed by atoms with E-state index >= 15 is 0 Å². The monoisotopic (exact) mass is 806 g/mol. The molecule has 0 aliphatic carbocycles. The minimum absolute atomic E-state index is 0.545. The summed E-state index contributed by atoms with van der Waals surface area (Å²) >= 11 is 0. The van der Waals surface area contributed by atoms with Gasteiger partial charge in [0, 0.05) is 49.0 Å². The normalized spacial score (nSPS) is 11.8. The second-order valence-corrected chi connectivity index (χ2v) is 15.9. The first-order valence-electron chi connectivity index (χ1n) is 21.1. The third-order valence-electron chi connectivity index (χ3n) is 12.3. The van der Waals surface area contributed by atoms with E-state index in [9.17, 15) is 0 Å². The third kappa shape index (κ3) is 5.62. The van der Waals surface area contributed by atoms with Crippen LogP contribution in [0.2, 0.25) is 0 Å². The highest BCUT2D eigenvalue weighted by Crippen LogP contribution is 2.43. The van der Waals surface area contributed by atoms with Crippen molar-refractivity contribution < 1.29 is 8.83 Å². The summed E-state index contributed by atoms with van der Waals surface area (Å²) in [6.45, 7) is 0. The quantitative estimate of drug-likeness (QED) is 0.167. The van der Waals surface area contributed by atoms with E-state index in [1.54, 1.807) is 0 Å². The molecule has 0 amide bonds. The summed E-state index contributed by atoms with van der Waals surface area (Å²) in [5, 5.41) is 6.40. The van der Waals surface area contributed by atoms with E-state index in [0.29, 0.717) is 17.5 Å². The molecule has 0 atom stereocenters. The molecular formula is C57H34N4O2. The van der Waals surface area contributed by atoms with Crippen LogP contribution in [0.5, 0.6) is 0 Å². The Morgan fingerprint density at radius 2 is 0.921 bits per heavy atom. The first kappa shape index (κ1) is 35.2. The molecule has 63 heavy (non-hydrogen) atoms. The van der Waals surface area contributed by atoms with Crippen LogP contribution in [0.1, 0.15) is 0 Å². The van der Waals surface area contributed by atoms with Crippen molar-refractivity contribution in [3.8, 4) is 62.1 Å².